The molecular weight excluding hydrogens is 178 g/mol. The average molecular weight is 201 g/mol. The van der Waals surface area contributed by atoms with E-state index < -0.39 is 0 Å². The molecule has 1 aliphatic rings. The SMILES string of the molecule is COCCOCCCCNCC1CC1. The minimum atomic E-state index is 0.708. The fourth-order valence-corrected chi connectivity index (χ4v) is 1.33. The summed E-state index contributed by atoms with van der Waals surface area (Å²) in [5.41, 5.74) is 0. The molecule has 1 saturated carbocycles. The summed E-state index contributed by atoms with van der Waals surface area (Å²) < 4.78 is 10.2. The summed E-state index contributed by atoms with van der Waals surface area (Å²) in [6.45, 7) is 4.68. The summed E-state index contributed by atoms with van der Waals surface area (Å²) in [5.74, 6) is 0.993. The van der Waals surface area contributed by atoms with Crippen LogP contribution in [0.2, 0.25) is 0 Å². The molecule has 1 aliphatic carbocycles. The summed E-state index contributed by atoms with van der Waals surface area (Å²) >= 11 is 0. The average Bonchev–Trinajstić information content (AvgIpc) is 2.99. The molecule has 84 valence electrons. The summed E-state index contributed by atoms with van der Waals surface area (Å²) in [4.78, 5) is 0. The topological polar surface area (TPSA) is 30.5 Å². The third kappa shape index (κ3) is 7.30. The molecule has 0 spiro atoms. The van der Waals surface area contributed by atoms with Crippen LogP contribution >= 0.6 is 0 Å². The van der Waals surface area contributed by atoms with Gasteiger partial charge < -0.3 is 14.8 Å². The third-order valence-corrected chi connectivity index (χ3v) is 2.45. The first-order valence-corrected chi connectivity index (χ1v) is 5.71. The Balaban J connectivity index is 1.63. The van der Waals surface area contributed by atoms with Gasteiger partial charge in [0.2, 0.25) is 0 Å². The van der Waals surface area contributed by atoms with E-state index in [1.807, 2.05) is 0 Å². The smallest absolute Gasteiger partial charge is 0.0700 e. The Morgan fingerprint density at radius 3 is 2.71 bits per heavy atom. The van der Waals surface area contributed by atoms with Crippen LogP contribution in [0.5, 0.6) is 0 Å². The van der Waals surface area contributed by atoms with Gasteiger partial charge in [0.1, 0.15) is 0 Å². The van der Waals surface area contributed by atoms with Gasteiger partial charge in [-0.2, -0.15) is 0 Å². The van der Waals surface area contributed by atoms with Crippen LogP contribution in [0.1, 0.15) is 25.7 Å². The quantitative estimate of drug-likeness (QED) is 0.542. The van der Waals surface area contributed by atoms with Crippen LogP contribution < -0.4 is 5.32 Å². The molecule has 0 saturated heterocycles. The third-order valence-electron chi connectivity index (χ3n) is 2.45. The first-order chi connectivity index (χ1) is 6.93. The van der Waals surface area contributed by atoms with E-state index in [1.165, 1.54) is 25.8 Å². The van der Waals surface area contributed by atoms with Crippen LogP contribution in [0.4, 0.5) is 0 Å². The molecule has 0 amide bonds. The van der Waals surface area contributed by atoms with Crippen LogP contribution in [-0.2, 0) is 9.47 Å². The van der Waals surface area contributed by atoms with Gasteiger partial charge in [-0.25, -0.2) is 0 Å². The van der Waals surface area contributed by atoms with E-state index in [2.05, 4.69) is 5.32 Å². The highest BCUT2D eigenvalue weighted by Crippen LogP contribution is 2.27. The molecular formula is C11H23NO2. The minimum Gasteiger partial charge on any atom is -0.382 e. The van der Waals surface area contributed by atoms with Gasteiger partial charge in [-0.05, 0) is 44.7 Å². The predicted octanol–water partition coefficient (Wildman–Crippen LogP) is 1.43. The lowest BCUT2D eigenvalue weighted by Gasteiger charge is -2.04. The summed E-state index contributed by atoms with van der Waals surface area (Å²) in [6, 6.07) is 0. The van der Waals surface area contributed by atoms with Gasteiger partial charge in [0.05, 0.1) is 13.2 Å². The molecule has 0 unspecified atom stereocenters. The lowest BCUT2D eigenvalue weighted by atomic mass is 10.3. The van der Waals surface area contributed by atoms with E-state index in [1.54, 1.807) is 7.11 Å². The summed E-state index contributed by atoms with van der Waals surface area (Å²) in [5, 5.41) is 3.47. The van der Waals surface area contributed by atoms with Crippen molar-refractivity contribution in [1.29, 1.82) is 0 Å². The molecule has 0 bridgehead atoms. The molecule has 1 rings (SSSR count). The second-order valence-corrected chi connectivity index (χ2v) is 3.96. The van der Waals surface area contributed by atoms with Crippen molar-refractivity contribution in [3.05, 3.63) is 0 Å². The molecule has 0 atom stereocenters. The lowest BCUT2D eigenvalue weighted by Crippen LogP contribution is -2.18. The maximum absolute atomic E-state index is 5.36. The van der Waals surface area contributed by atoms with E-state index in [4.69, 9.17) is 9.47 Å². The second kappa shape index (κ2) is 8.21. The fourth-order valence-electron chi connectivity index (χ4n) is 1.33. The molecule has 1 N–H and O–H groups in total. The fraction of sp³-hybridized carbons (Fsp3) is 1.00. The Morgan fingerprint density at radius 1 is 1.14 bits per heavy atom. The number of methoxy groups -OCH3 is 1. The van der Waals surface area contributed by atoms with Crippen LogP contribution in [0.15, 0.2) is 0 Å². The van der Waals surface area contributed by atoms with Crippen molar-refractivity contribution in [2.75, 3.05) is 40.0 Å². The van der Waals surface area contributed by atoms with Gasteiger partial charge in [0, 0.05) is 13.7 Å². The largest absolute Gasteiger partial charge is 0.382 e. The molecule has 3 heteroatoms. The lowest BCUT2D eigenvalue weighted by molar-refractivity contribution is 0.0688. The minimum absolute atomic E-state index is 0.708. The van der Waals surface area contributed by atoms with Gasteiger partial charge in [-0.3, -0.25) is 0 Å². The molecule has 0 aliphatic heterocycles. The van der Waals surface area contributed by atoms with Gasteiger partial charge >= 0.3 is 0 Å². The van der Waals surface area contributed by atoms with Crippen LogP contribution in [0.3, 0.4) is 0 Å². The van der Waals surface area contributed by atoms with Crippen molar-refractivity contribution < 1.29 is 9.47 Å². The van der Waals surface area contributed by atoms with E-state index in [-0.39, 0.29) is 0 Å². The van der Waals surface area contributed by atoms with Crippen molar-refractivity contribution in [1.82, 2.24) is 5.32 Å². The Morgan fingerprint density at radius 2 is 2.00 bits per heavy atom. The normalized spacial score (nSPS) is 16.1. The maximum Gasteiger partial charge on any atom is 0.0700 e. The molecule has 0 aromatic heterocycles. The molecule has 3 nitrogen and oxygen atoms in total. The van der Waals surface area contributed by atoms with E-state index in [0.717, 1.165) is 32.1 Å². The standard InChI is InChI=1S/C11H23NO2/c1-13-8-9-14-7-3-2-6-12-10-11-4-5-11/h11-12H,2-10H2,1H3. The Bertz CT molecular complexity index is 126. The number of nitrogens with one attached hydrogen (secondary N) is 1. The molecule has 14 heavy (non-hydrogen) atoms. The Kier molecular flexibility index (Phi) is 7.01. The monoisotopic (exact) mass is 201 g/mol. The Hall–Kier alpha value is -0.120. The predicted molar refractivity (Wildman–Crippen MR) is 57.5 cm³/mol. The number of hydrogen-bond donors (Lipinski definition) is 1. The zero-order chi connectivity index (χ0) is 10.1. The summed E-state index contributed by atoms with van der Waals surface area (Å²) in [6.07, 6.45) is 5.25. The van der Waals surface area contributed by atoms with Crippen LogP contribution in [0.25, 0.3) is 0 Å². The molecule has 0 aromatic rings. The van der Waals surface area contributed by atoms with Gasteiger partial charge in [0.15, 0.2) is 0 Å². The van der Waals surface area contributed by atoms with Gasteiger partial charge in [-0.15, -0.1) is 0 Å². The molecule has 0 radical (unpaired) electrons. The molecule has 1 fully saturated rings. The molecule has 0 aromatic carbocycles. The number of rotatable bonds is 10. The first-order valence-electron chi connectivity index (χ1n) is 5.71. The van der Waals surface area contributed by atoms with E-state index in [0.29, 0.717) is 6.61 Å². The van der Waals surface area contributed by atoms with Crippen LogP contribution in [0, 0.1) is 5.92 Å². The maximum atomic E-state index is 5.36. The highest BCUT2D eigenvalue weighted by Gasteiger charge is 2.19. The van der Waals surface area contributed by atoms with Crippen LogP contribution in [-0.4, -0.2) is 40.0 Å². The van der Waals surface area contributed by atoms with Crippen molar-refractivity contribution in [2.45, 2.75) is 25.7 Å². The zero-order valence-corrected chi connectivity index (χ0v) is 9.26. The highest BCUT2D eigenvalue weighted by molar-refractivity contribution is 4.74. The van der Waals surface area contributed by atoms with Gasteiger partial charge in [-0.1, -0.05) is 0 Å². The van der Waals surface area contributed by atoms with E-state index >= 15 is 0 Å². The Labute approximate surface area is 87.2 Å². The number of ether oxygens (including phenoxy) is 2. The van der Waals surface area contributed by atoms with Crippen molar-refractivity contribution in [2.24, 2.45) is 5.92 Å². The number of unbranched alkanes of at least 4 members (excludes halogenated alkanes) is 1. The van der Waals surface area contributed by atoms with Crippen molar-refractivity contribution in [3.63, 3.8) is 0 Å². The van der Waals surface area contributed by atoms with E-state index in [9.17, 15) is 0 Å². The summed E-state index contributed by atoms with van der Waals surface area (Å²) in [7, 11) is 1.70. The highest BCUT2D eigenvalue weighted by atomic mass is 16.5. The van der Waals surface area contributed by atoms with Crippen molar-refractivity contribution in [3.8, 4) is 0 Å². The first kappa shape index (κ1) is 12.0. The zero-order valence-electron chi connectivity index (χ0n) is 9.26. The van der Waals surface area contributed by atoms with Gasteiger partial charge in [0.25, 0.3) is 0 Å². The second-order valence-electron chi connectivity index (χ2n) is 3.96. The number of hydrogen-bond acceptors (Lipinski definition) is 3. The molecule has 0 heterocycles. The van der Waals surface area contributed by atoms with Crippen molar-refractivity contribution >= 4 is 0 Å².